The van der Waals surface area contributed by atoms with Gasteiger partial charge in [0, 0.05) is 83.5 Å². The van der Waals surface area contributed by atoms with Gasteiger partial charge in [0.1, 0.15) is 23.9 Å². The van der Waals surface area contributed by atoms with Crippen LogP contribution in [0.1, 0.15) is 37.0 Å². The first kappa shape index (κ1) is 33.3. The van der Waals surface area contributed by atoms with Gasteiger partial charge in [-0.15, -0.1) is 0 Å². The third kappa shape index (κ3) is 3.65. The molecule has 7 rings (SSSR count). The first-order valence-corrected chi connectivity index (χ1v) is 16.4. The highest BCUT2D eigenvalue weighted by molar-refractivity contribution is 5.89. The number of aliphatic hydroxyl groups excluding tert-OH is 2. The van der Waals surface area contributed by atoms with Crippen LogP contribution in [-0.4, -0.2) is 145 Å². The lowest BCUT2D eigenvalue weighted by atomic mass is 9.40. The van der Waals surface area contributed by atoms with Gasteiger partial charge in [-0.1, -0.05) is 25.1 Å². The van der Waals surface area contributed by atoms with Crippen LogP contribution in [0, 0.1) is 28.6 Å². The summed E-state index contributed by atoms with van der Waals surface area (Å²) in [6.45, 7) is 4.15. The molecular formula is C34H47NO12. The standard InChI is InChI=1S/C34H47NO12/c1-7-35-15-30(16-42-3)19(37)13-20(43-4)33-23(30)22(44-5)21(25(33)35)34(47-17(2)36)24-27(46-29(39)18-11-9-8-10-12-18)31(40,14-32(24,33)41)28(45-6)26(34)38/h8-12,19-28,37-38,40-41H,7,13-16H2,1-6H3/t19-,20+,21+,22+,23+,24+,25+,26+,27-,28+,30+,31+,32+,33-,34+/m1/s1. The monoisotopic (exact) mass is 661 g/mol. The van der Waals surface area contributed by atoms with Gasteiger partial charge in [0.25, 0.3) is 0 Å². The third-order valence-corrected chi connectivity index (χ3v) is 13.2. The summed E-state index contributed by atoms with van der Waals surface area (Å²) in [7, 11) is 5.94. The van der Waals surface area contributed by atoms with Crippen LogP contribution in [0.15, 0.2) is 30.3 Å². The second-order valence-corrected chi connectivity index (χ2v) is 14.6. The van der Waals surface area contributed by atoms with Crippen molar-refractivity contribution in [1.82, 2.24) is 4.90 Å². The number of carbonyl (C=O) groups is 2. The SMILES string of the molecule is CCN1C[C@]2(COC)[C@H](O)C[C@H](OC)[C@]34[C@@H]1[C@H]([C@H](OC)[C@@H]23)[C@]1(OC(C)=O)[C@H]2[C@@H](OC(=O)c3ccccc3)[C@@](O)(C[C@]24O)[C@@H](OC)[C@@H]1O. The Hall–Kier alpha value is -2.20. The Bertz CT molecular complexity index is 1410. The summed E-state index contributed by atoms with van der Waals surface area (Å²) in [5.41, 5.74) is -8.15. The highest BCUT2D eigenvalue weighted by atomic mass is 16.6. The zero-order valence-electron chi connectivity index (χ0n) is 27.7. The zero-order chi connectivity index (χ0) is 33.9. The lowest BCUT2D eigenvalue weighted by Crippen LogP contribution is -2.85. The van der Waals surface area contributed by atoms with Gasteiger partial charge in [-0.3, -0.25) is 9.69 Å². The summed E-state index contributed by atoms with van der Waals surface area (Å²) >= 11 is 0. The molecule has 15 atom stereocenters. The van der Waals surface area contributed by atoms with Crippen molar-refractivity contribution in [3.8, 4) is 0 Å². The molecule has 4 N–H and O–H groups in total. The number of methoxy groups -OCH3 is 4. The fraction of sp³-hybridized carbons (Fsp3) is 0.765. The van der Waals surface area contributed by atoms with Crippen LogP contribution >= 0.6 is 0 Å². The van der Waals surface area contributed by atoms with Crippen molar-refractivity contribution in [3.63, 3.8) is 0 Å². The first-order valence-electron chi connectivity index (χ1n) is 16.4. The van der Waals surface area contributed by atoms with E-state index in [0.29, 0.717) is 13.1 Å². The van der Waals surface area contributed by atoms with Gasteiger partial charge in [-0.05, 0) is 18.7 Å². The van der Waals surface area contributed by atoms with E-state index in [0.717, 1.165) is 0 Å². The molecule has 5 saturated carbocycles. The minimum Gasteiger partial charge on any atom is -0.455 e. The second kappa shape index (κ2) is 10.9. The predicted molar refractivity (Wildman–Crippen MR) is 162 cm³/mol. The molecule has 0 aromatic heterocycles. The smallest absolute Gasteiger partial charge is 0.338 e. The number of hydrogen-bond donors (Lipinski definition) is 4. The van der Waals surface area contributed by atoms with E-state index in [4.69, 9.17) is 28.4 Å². The maximum Gasteiger partial charge on any atom is 0.338 e. The summed E-state index contributed by atoms with van der Waals surface area (Å²) in [6, 6.07) is 7.64. The van der Waals surface area contributed by atoms with E-state index in [1.807, 2.05) is 6.92 Å². The molecule has 260 valence electrons. The molecule has 5 aliphatic carbocycles. The number of esters is 2. The Morgan fingerprint density at radius 1 is 0.979 bits per heavy atom. The Morgan fingerprint density at radius 3 is 2.26 bits per heavy atom. The Balaban J connectivity index is 1.57. The van der Waals surface area contributed by atoms with E-state index in [9.17, 15) is 30.0 Å². The largest absolute Gasteiger partial charge is 0.455 e. The summed E-state index contributed by atoms with van der Waals surface area (Å²) in [4.78, 5) is 29.2. The molecule has 6 aliphatic rings. The lowest BCUT2D eigenvalue weighted by molar-refractivity contribution is -0.355. The molecule has 13 nitrogen and oxygen atoms in total. The average molecular weight is 662 g/mol. The molecule has 1 saturated heterocycles. The highest BCUT2D eigenvalue weighted by Gasteiger charge is 2.96. The average Bonchev–Trinajstić information content (AvgIpc) is 3.39. The molecule has 0 amide bonds. The number of aliphatic hydroxyl groups is 4. The van der Waals surface area contributed by atoms with Gasteiger partial charge in [0.05, 0.1) is 42.0 Å². The van der Waals surface area contributed by atoms with E-state index in [-0.39, 0.29) is 18.6 Å². The molecule has 7 bridgehead atoms. The summed E-state index contributed by atoms with van der Waals surface area (Å²) in [5, 5.41) is 51.1. The van der Waals surface area contributed by atoms with Gasteiger partial charge in [-0.25, -0.2) is 4.79 Å². The topological polar surface area (TPSA) is 174 Å². The summed E-state index contributed by atoms with van der Waals surface area (Å²) in [5.74, 6) is -4.34. The normalized spacial score (nSPS) is 50.7. The number of nitrogens with zero attached hydrogens (tertiary/aromatic N) is 1. The number of ether oxygens (including phenoxy) is 6. The summed E-state index contributed by atoms with van der Waals surface area (Å²) < 4.78 is 36.9. The molecule has 47 heavy (non-hydrogen) atoms. The molecule has 0 radical (unpaired) electrons. The first-order chi connectivity index (χ1) is 22.3. The predicted octanol–water partition coefficient (Wildman–Crippen LogP) is -0.237. The van der Waals surface area contributed by atoms with E-state index < -0.39 is 106 Å². The van der Waals surface area contributed by atoms with Gasteiger partial charge < -0.3 is 48.8 Å². The van der Waals surface area contributed by atoms with E-state index in [1.54, 1.807) is 37.4 Å². The number of carbonyl (C=O) groups excluding carboxylic acids is 2. The molecule has 0 unspecified atom stereocenters. The molecule has 13 heteroatoms. The van der Waals surface area contributed by atoms with Crippen LogP contribution in [0.5, 0.6) is 0 Å². The van der Waals surface area contributed by atoms with Gasteiger partial charge in [0.15, 0.2) is 5.60 Å². The molecule has 6 fully saturated rings. The fourth-order valence-electron chi connectivity index (χ4n) is 12.3. The number of benzene rings is 1. The minimum atomic E-state index is -2.12. The Labute approximate surface area is 274 Å². The molecule has 1 spiro atoms. The Kier molecular flexibility index (Phi) is 7.72. The molecular weight excluding hydrogens is 614 g/mol. The quantitative estimate of drug-likeness (QED) is 0.256. The molecule has 1 aliphatic heterocycles. The van der Waals surface area contributed by atoms with Crippen molar-refractivity contribution in [1.29, 1.82) is 0 Å². The van der Waals surface area contributed by atoms with Crippen molar-refractivity contribution in [2.45, 2.75) is 86.2 Å². The number of fused-ring (bicyclic) bond motifs is 2. The molecule has 1 aromatic rings. The van der Waals surface area contributed by atoms with Crippen molar-refractivity contribution >= 4 is 11.9 Å². The van der Waals surface area contributed by atoms with Crippen LogP contribution in [-0.2, 0) is 33.2 Å². The van der Waals surface area contributed by atoms with E-state index in [2.05, 4.69) is 4.90 Å². The maximum absolute atomic E-state index is 13.8. The van der Waals surface area contributed by atoms with Crippen LogP contribution in [0.25, 0.3) is 0 Å². The Morgan fingerprint density at radius 2 is 1.68 bits per heavy atom. The van der Waals surface area contributed by atoms with Crippen molar-refractivity contribution in [2.24, 2.45) is 28.6 Å². The van der Waals surface area contributed by atoms with Crippen LogP contribution in [0.2, 0.25) is 0 Å². The van der Waals surface area contributed by atoms with Crippen molar-refractivity contribution < 1.29 is 58.4 Å². The molecule has 1 heterocycles. The summed E-state index contributed by atoms with van der Waals surface area (Å²) in [6.07, 6.45) is -7.38. The lowest BCUT2D eigenvalue weighted by Gasteiger charge is -2.72. The van der Waals surface area contributed by atoms with Crippen molar-refractivity contribution in [3.05, 3.63) is 35.9 Å². The minimum absolute atomic E-state index is 0.119. The van der Waals surface area contributed by atoms with Gasteiger partial charge in [0.2, 0.25) is 0 Å². The highest BCUT2D eigenvalue weighted by Crippen LogP contribution is 2.81. The van der Waals surface area contributed by atoms with Crippen LogP contribution in [0.3, 0.4) is 0 Å². The van der Waals surface area contributed by atoms with Gasteiger partial charge in [-0.2, -0.15) is 0 Å². The number of piperidine rings is 1. The van der Waals surface area contributed by atoms with Crippen LogP contribution < -0.4 is 0 Å². The number of likely N-dealkylation sites (tertiary alicyclic amines) is 1. The van der Waals surface area contributed by atoms with Gasteiger partial charge >= 0.3 is 11.9 Å². The van der Waals surface area contributed by atoms with E-state index >= 15 is 0 Å². The van der Waals surface area contributed by atoms with Crippen molar-refractivity contribution in [2.75, 3.05) is 48.1 Å². The van der Waals surface area contributed by atoms with E-state index in [1.165, 1.54) is 28.3 Å². The second-order valence-electron chi connectivity index (χ2n) is 14.6. The van der Waals surface area contributed by atoms with Crippen LogP contribution in [0.4, 0.5) is 0 Å². The maximum atomic E-state index is 13.8. The zero-order valence-corrected chi connectivity index (χ0v) is 27.7. The fourth-order valence-corrected chi connectivity index (χ4v) is 12.3. The number of hydrogen-bond acceptors (Lipinski definition) is 13. The third-order valence-electron chi connectivity index (χ3n) is 13.2. The number of rotatable bonds is 9. The molecule has 1 aromatic carbocycles.